The highest BCUT2D eigenvalue weighted by molar-refractivity contribution is 5.24. The lowest BCUT2D eigenvalue weighted by Crippen LogP contribution is -2.07. The van der Waals surface area contributed by atoms with Gasteiger partial charge in [-0.3, -0.25) is 0 Å². The summed E-state index contributed by atoms with van der Waals surface area (Å²) in [7, 11) is 0. The van der Waals surface area contributed by atoms with E-state index in [1.165, 1.54) is 5.56 Å². The van der Waals surface area contributed by atoms with Crippen molar-refractivity contribution in [3.63, 3.8) is 0 Å². The molecule has 0 aliphatic heterocycles. The molecule has 21 heavy (non-hydrogen) atoms. The molecule has 2 rings (SSSR count). The average molecular weight is 286 g/mol. The van der Waals surface area contributed by atoms with Gasteiger partial charge in [0.2, 0.25) is 0 Å². The molecule has 0 fully saturated rings. The number of aliphatic hydroxyl groups is 1. The summed E-state index contributed by atoms with van der Waals surface area (Å²) in [4.78, 5) is 8.62. The molecular formula is C17H22N2O2. The molecular weight excluding hydrogens is 264 g/mol. The van der Waals surface area contributed by atoms with Gasteiger partial charge in [0.05, 0.1) is 19.4 Å². The van der Waals surface area contributed by atoms with Gasteiger partial charge in [-0.1, -0.05) is 44.2 Å². The van der Waals surface area contributed by atoms with Crippen molar-refractivity contribution in [3.05, 3.63) is 53.6 Å². The second-order valence-electron chi connectivity index (χ2n) is 5.29. The molecule has 0 atom stereocenters. The second kappa shape index (κ2) is 7.74. The Balaban J connectivity index is 1.88. The fourth-order valence-corrected chi connectivity index (χ4v) is 2.04. The van der Waals surface area contributed by atoms with Gasteiger partial charge < -0.3 is 9.84 Å². The zero-order chi connectivity index (χ0) is 15.1. The normalized spacial score (nSPS) is 10.9. The van der Waals surface area contributed by atoms with Crippen LogP contribution in [0.4, 0.5) is 0 Å². The fourth-order valence-electron chi connectivity index (χ4n) is 2.04. The van der Waals surface area contributed by atoms with Gasteiger partial charge in [-0.25, -0.2) is 9.97 Å². The molecule has 0 aliphatic rings. The van der Waals surface area contributed by atoms with Crippen LogP contribution in [-0.4, -0.2) is 21.7 Å². The van der Waals surface area contributed by atoms with Crippen molar-refractivity contribution in [2.45, 2.75) is 39.2 Å². The largest absolute Gasteiger partial charge is 0.490 e. The number of aromatic nitrogens is 2. The van der Waals surface area contributed by atoms with E-state index >= 15 is 0 Å². The van der Waals surface area contributed by atoms with Crippen LogP contribution in [0.2, 0.25) is 0 Å². The van der Waals surface area contributed by atoms with Gasteiger partial charge in [0.25, 0.3) is 0 Å². The predicted molar refractivity (Wildman–Crippen MR) is 82.3 cm³/mol. The fraction of sp³-hybridized carbons (Fsp3) is 0.412. The van der Waals surface area contributed by atoms with Gasteiger partial charge in [-0.05, 0) is 18.4 Å². The zero-order valence-electron chi connectivity index (χ0n) is 12.6. The summed E-state index contributed by atoms with van der Waals surface area (Å²) in [6, 6.07) is 10.3. The number of aryl methyl sites for hydroxylation is 1. The number of ether oxygens (including phenoxy) is 1. The molecule has 0 amide bonds. The summed E-state index contributed by atoms with van der Waals surface area (Å²) in [6.07, 6.45) is 3.55. The van der Waals surface area contributed by atoms with Crippen molar-refractivity contribution >= 4 is 0 Å². The molecule has 4 heteroatoms. The van der Waals surface area contributed by atoms with Crippen molar-refractivity contribution in [3.8, 4) is 5.75 Å². The highest BCUT2D eigenvalue weighted by atomic mass is 16.5. The standard InChI is InChI=1S/C17H22N2O2/c1-13(2)17-18-11-16(15(12-20)19-17)21-10-6-9-14-7-4-3-5-8-14/h3-5,7-8,11,13,20H,6,9-10,12H2,1-2H3. The van der Waals surface area contributed by atoms with E-state index in [2.05, 4.69) is 22.1 Å². The Kier molecular flexibility index (Phi) is 5.69. The predicted octanol–water partition coefficient (Wildman–Crippen LogP) is 3.10. The van der Waals surface area contributed by atoms with E-state index in [9.17, 15) is 5.11 Å². The summed E-state index contributed by atoms with van der Waals surface area (Å²) in [5, 5.41) is 9.39. The zero-order valence-corrected chi connectivity index (χ0v) is 12.6. The van der Waals surface area contributed by atoms with Gasteiger partial charge in [0.15, 0.2) is 5.75 Å². The van der Waals surface area contributed by atoms with Gasteiger partial charge in [-0.2, -0.15) is 0 Å². The Morgan fingerprint density at radius 1 is 1.19 bits per heavy atom. The smallest absolute Gasteiger partial charge is 0.161 e. The number of hydrogen-bond donors (Lipinski definition) is 1. The molecule has 1 N–H and O–H groups in total. The van der Waals surface area contributed by atoms with Gasteiger partial charge in [0, 0.05) is 5.92 Å². The number of rotatable bonds is 7. The Hall–Kier alpha value is -1.94. The Labute approximate surface area is 125 Å². The van der Waals surface area contributed by atoms with Crippen molar-refractivity contribution in [2.75, 3.05) is 6.61 Å². The van der Waals surface area contributed by atoms with E-state index in [0.29, 0.717) is 18.1 Å². The number of aliphatic hydroxyl groups excluding tert-OH is 1. The molecule has 4 nitrogen and oxygen atoms in total. The third-order valence-corrected chi connectivity index (χ3v) is 3.22. The molecule has 1 heterocycles. The Morgan fingerprint density at radius 3 is 2.62 bits per heavy atom. The summed E-state index contributed by atoms with van der Waals surface area (Å²) < 4.78 is 5.70. The number of hydrogen-bond acceptors (Lipinski definition) is 4. The maximum absolute atomic E-state index is 9.39. The molecule has 2 aromatic rings. The summed E-state index contributed by atoms with van der Waals surface area (Å²) in [5.41, 5.74) is 1.86. The molecule has 0 saturated heterocycles. The second-order valence-corrected chi connectivity index (χ2v) is 5.29. The van der Waals surface area contributed by atoms with E-state index in [4.69, 9.17) is 4.74 Å². The molecule has 0 aliphatic carbocycles. The van der Waals surface area contributed by atoms with Crippen molar-refractivity contribution in [2.24, 2.45) is 0 Å². The molecule has 0 unspecified atom stereocenters. The van der Waals surface area contributed by atoms with E-state index in [-0.39, 0.29) is 12.5 Å². The van der Waals surface area contributed by atoms with Crippen LogP contribution in [0.3, 0.4) is 0 Å². The number of nitrogens with zero attached hydrogens (tertiary/aromatic N) is 2. The van der Waals surface area contributed by atoms with Crippen LogP contribution in [0.15, 0.2) is 36.5 Å². The third kappa shape index (κ3) is 4.53. The first kappa shape index (κ1) is 15.4. The molecule has 0 spiro atoms. The highest BCUT2D eigenvalue weighted by Gasteiger charge is 2.10. The molecule has 0 radical (unpaired) electrons. The van der Waals surface area contributed by atoms with E-state index in [1.807, 2.05) is 32.0 Å². The molecule has 1 aromatic heterocycles. The highest BCUT2D eigenvalue weighted by Crippen LogP contribution is 2.18. The molecule has 0 bridgehead atoms. The monoisotopic (exact) mass is 286 g/mol. The van der Waals surface area contributed by atoms with Crippen LogP contribution >= 0.6 is 0 Å². The third-order valence-electron chi connectivity index (χ3n) is 3.22. The van der Waals surface area contributed by atoms with E-state index in [1.54, 1.807) is 6.20 Å². The van der Waals surface area contributed by atoms with Gasteiger partial charge >= 0.3 is 0 Å². The lowest BCUT2D eigenvalue weighted by molar-refractivity contribution is 0.254. The summed E-state index contributed by atoms with van der Waals surface area (Å²) >= 11 is 0. The lowest BCUT2D eigenvalue weighted by Gasteiger charge is -2.11. The SMILES string of the molecule is CC(C)c1ncc(OCCCc2ccccc2)c(CO)n1. The van der Waals surface area contributed by atoms with Gasteiger partial charge in [-0.15, -0.1) is 0 Å². The Bertz CT molecular complexity index is 556. The summed E-state index contributed by atoms with van der Waals surface area (Å²) in [5.74, 6) is 1.55. The topological polar surface area (TPSA) is 55.2 Å². The van der Waals surface area contributed by atoms with Crippen molar-refractivity contribution in [1.82, 2.24) is 9.97 Å². The van der Waals surface area contributed by atoms with Crippen molar-refractivity contribution < 1.29 is 9.84 Å². The van der Waals surface area contributed by atoms with Crippen molar-refractivity contribution in [1.29, 1.82) is 0 Å². The Morgan fingerprint density at radius 2 is 1.95 bits per heavy atom. The van der Waals surface area contributed by atoms with Crippen LogP contribution in [-0.2, 0) is 13.0 Å². The first-order valence-electron chi connectivity index (χ1n) is 7.34. The molecule has 112 valence electrons. The summed E-state index contributed by atoms with van der Waals surface area (Å²) in [6.45, 7) is 4.51. The minimum atomic E-state index is -0.129. The molecule has 1 aromatic carbocycles. The van der Waals surface area contributed by atoms with E-state index < -0.39 is 0 Å². The maximum Gasteiger partial charge on any atom is 0.161 e. The van der Waals surface area contributed by atoms with Crippen LogP contribution in [0.1, 0.15) is 43.3 Å². The van der Waals surface area contributed by atoms with E-state index in [0.717, 1.165) is 18.7 Å². The number of benzene rings is 1. The van der Waals surface area contributed by atoms with Crippen LogP contribution < -0.4 is 4.74 Å². The van der Waals surface area contributed by atoms with Crippen LogP contribution in [0.25, 0.3) is 0 Å². The first-order chi connectivity index (χ1) is 10.2. The minimum Gasteiger partial charge on any atom is -0.490 e. The first-order valence-corrected chi connectivity index (χ1v) is 7.34. The van der Waals surface area contributed by atoms with Crippen LogP contribution in [0.5, 0.6) is 5.75 Å². The van der Waals surface area contributed by atoms with Crippen LogP contribution in [0, 0.1) is 0 Å². The maximum atomic E-state index is 9.39. The quantitative estimate of drug-likeness (QED) is 0.795. The lowest BCUT2D eigenvalue weighted by atomic mass is 10.1. The van der Waals surface area contributed by atoms with Gasteiger partial charge in [0.1, 0.15) is 11.5 Å². The minimum absolute atomic E-state index is 0.129. The molecule has 0 saturated carbocycles. The average Bonchev–Trinajstić information content (AvgIpc) is 2.52.